The monoisotopic (exact) mass is 332 g/mol. The van der Waals surface area contributed by atoms with E-state index in [1.807, 2.05) is 25.1 Å². The van der Waals surface area contributed by atoms with Crippen LogP contribution in [-0.2, 0) is 0 Å². The van der Waals surface area contributed by atoms with Gasteiger partial charge in [-0.25, -0.2) is 9.78 Å². The van der Waals surface area contributed by atoms with Crippen LogP contribution in [0.1, 0.15) is 30.7 Å². The molecule has 1 aromatic heterocycles. The Morgan fingerprint density at radius 2 is 2.17 bits per heavy atom. The Labute approximate surface area is 141 Å². The van der Waals surface area contributed by atoms with Crippen LogP contribution in [0.2, 0.25) is 0 Å². The summed E-state index contributed by atoms with van der Waals surface area (Å²) in [6.07, 6.45) is 5.25. The summed E-state index contributed by atoms with van der Waals surface area (Å²) in [5.74, 6) is 0. The van der Waals surface area contributed by atoms with Crippen molar-refractivity contribution in [2.45, 2.75) is 38.6 Å². The molecule has 1 aliphatic carbocycles. The van der Waals surface area contributed by atoms with Gasteiger partial charge in [-0.3, -0.25) is 0 Å². The normalized spacial score (nSPS) is 15.4. The average molecular weight is 332 g/mol. The molecule has 6 heteroatoms. The number of urea groups is 1. The number of carbonyl (C=O) groups is 1. The number of likely N-dealkylation sites (N-methyl/N-ethyl adjacent to an activating group) is 1. The molecule has 1 heterocycles. The van der Waals surface area contributed by atoms with Crippen molar-refractivity contribution in [3.8, 4) is 0 Å². The zero-order chi connectivity index (χ0) is 16.2. The van der Waals surface area contributed by atoms with Crippen LogP contribution in [-0.4, -0.2) is 42.1 Å². The number of carbonyl (C=O) groups excluding carboxylic acids is 1. The summed E-state index contributed by atoms with van der Waals surface area (Å²) in [4.78, 5) is 18.8. The van der Waals surface area contributed by atoms with E-state index in [0.717, 1.165) is 27.5 Å². The molecular formula is C17H24N4OS. The number of rotatable bonds is 5. The van der Waals surface area contributed by atoms with Crippen molar-refractivity contribution in [2.75, 3.05) is 25.5 Å². The summed E-state index contributed by atoms with van der Waals surface area (Å²) in [6.45, 7) is 3.55. The van der Waals surface area contributed by atoms with Crippen LogP contribution in [0.3, 0.4) is 0 Å². The topological polar surface area (TPSA) is 57.3 Å². The molecule has 0 aliphatic heterocycles. The van der Waals surface area contributed by atoms with E-state index < -0.39 is 0 Å². The molecule has 0 atom stereocenters. The lowest BCUT2D eigenvalue weighted by molar-refractivity contribution is 0.235. The van der Waals surface area contributed by atoms with Crippen molar-refractivity contribution in [1.82, 2.24) is 15.2 Å². The van der Waals surface area contributed by atoms with Crippen LogP contribution >= 0.6 is 11.3 Å². The van der Waals surface area contributed by atoms with Gasteiger partial charge in [-0.2, -0.15) is 0 Å². The Morgan fingerprint density at radius 1 is 1.39 bits per heavy atom. The number of nitrogens with one attached hydrogen (secondary N) is 2. The highest BCUT2D eigenvalue weighted by molar-refractivity contribution is 7.18. The maximum absolute atomic E-state index is 12.0. The van der Waals surface area contributed by atoms with Crippen molar-refractivity contribution >= 4 is 33.3 Å². The second kappa shape index (κ2) is 7.27. The molecule has 0 bridgehead atoms. The molecule has 1 fully saturated rings. The molecule has 3 rings (SSSR count). The zero-order valence-electron chi connectivity index (χ0n) is 13.8. The fourth-order valence-corrected chi connectivity index (χ4v) is 4.03. The number of hydrogen-bond acceptors (Lipinski definition) is 4. The molecule has 0 unspecified atom stereocenters. The minimum Gasteiger partial charge on any atom is -0.337 e. The first-order chi connectivity index (χ1) is 11.1. The van der Waals surface area contributed by atoms with Gasteiger partial charge in [0.1, 0.15) is 0 Å². The summed E-state index contributed by atoms with van der Waals surface area (Å²) >= 11 is 1.64. The fourth-order valence-electron chi connectivity index (χ4n) is 3.17. The minimum absolute atomic E-state index is 0.148. The van der Waals surface area contributed by atoms with Gasteiger partial charge in [-0.1, -0.05) is 12.8 Å². The van der Waals surface area contributed by atoms with E-state index in [4.69, 9.17) is 0 Å². The van der Waals surface area contributed by atoms with E-state index in [2.05, 4.69) is 27.6 Å². The number of thiazole rings is 1. The fraction of sp³-hybridized carbons (Fsp3) is 0.529. The van der Waals surface area contributed by atoms with Crippen molar-refractivity contribution in [1.29, 1.82) is 0 Å². The van der Waals surface area contributed by atoms with Crippen LogP contribution in [0.25, 0.3) is 10.2 Å². The first-order valence-electron chi connectivity index (χ1n) is 8.24. The van der Waals surface area contributed by atoms with Crippen LogP contribution in [0.5, 0.6) is 0 Å². The zero-order valence-corrected chi connectivity index (χ0v) is 14.6. The lowest BCUT2D eigenvalue weighted by Gasteiger charge is -2.23. The van der Waals surface area contributed by atoms with E-state index in [1.54, 1.807) is 11.3 Å². The van der Waals surface area contributed by atoms with Crippen LogP contribution in [0.4, 0.5) is 10.5 Å². The Bertz CT molecular complexity index is 678. The van der Waals surface area contributed by atoms with Gasteiger partial charge >= 0.3 is 6.03 Å². The number of aryl methyl sites for hydroxylation is 1. The van der Waals surface area contributed by atoms with Crippen molar-refractivity contribution in [3.05, 3.63) is 23.2 Å². The van der Waals surface area contributed by atoms with Gasteiger partial charge in [0, 0.05) is 24.8 Å². The minimum atomic E-state index is -0.148. The number of fused-ring (bicyclic) bond motifs is 1. The van der Waals surface area contributed by atoms with Gasteiger partial charge in [0.2, 0.25) is 0 Å². The molecular weight excluding hydrogens is 308 g/mol. The van der Waals surface area contributed by atoms with Gasteiger partial charge in [0.15, 0.2) is 0 Å². The predicted octanol–water partition coefficient (Wildman–Crippen LogP) is 3.60. The third kappa shape index (κ3) is 4.20. The average Bonchev–Trinajstić information content (AvgIpc) is 3.15. The molecule has 124 valence electrons. The Balaban J connectivity index is 1.46. The first kappa shape index (κ1) is 16.2. The van der Waals surface area contributed by atoms with Gasteiger partial charge < -0.3 is 15.5 Å². The maximum atomic E-state index is 12.0. The first-order valence-corrected chi connectivity index (χ1v) is 9.06. The van der Waals surface area contributed by atoms with E-state index in [1.165, 1.54) is 25.7 Å². The highest BCUT2D eigenvalue weighted by Crippen LogP contribution is 2.24. The smallest absolute Gasteiger partial charge is 0.319 e. The molecule has 0 spiro atoms. The highest BCUT2D eigenvalue weighted by atomic mass is 32.1. The third-order valence-corrected chi connectivity index (χ3v) is 5.38. The molecule has 0 saturated heterocycles. The maximum Gasteiger partial charge on any atom is 0.319 e. The quantitative estimate of drug-likeness (QED) is 0.879. The van der Waals surface area contributed by atoms with Crippen LogP contribution in [0, 0.1) is 6.92 Å². The summed E-state index contributed by atoms with van der Waals surface area (Å²) in [5, 5.41) is 6.87. The molecule has 1 aliphatic rings. The second-order valence-electron chi connectivity index (χ2n) is 6.22. The van der Waals surface area contributed by atoms with Crippen molar-refractivity contribution in [3.63, 3.8) is 0 Å². The van der Waals surface area contributed by atoms with Gasteiger partial charge in [-0.05, 0) is 45.0 Å². The van der Waals surface area contributed by atoms with Gasteiger partial charge in [-0.15, -0.1) is 11.3 Å². The van der Waals surface area contributed by atoms with E-state index in [-0.39, 0.29) is 6.03 Å². The molecule has 1 saturated carbocycles. The summed E-state index contributed by atoms with van der Waals surface area (Å²) in [6, 6.07) is 6.36. The highest BCUT2D eigenvalue weighted by Gasteiger charge is 2.18. The molecule has 23 heavy (non-hydrogen) atoms. The molecule has 5 nitrogen and oxygen atoms in total. The Hall–Kier alpha value is -1.66. The second-order valence-corrected chi connectivity index (χ2v) is 7.45. The lowest BCUT2D eigenvalue weighted by atomic mass is 10.2. The number of anilines is 1. The SMILES string of the molecule is Cc1nc2ccc(NC(=O)NCCN(C)C3CCCC3)cc2s1. The predicted molar refractivity (Wildman–Crippen MR) is 96.3 cm³/mol. The standard InChI is InChI=1S/C17H24N4OS/c1-12-19-15-8-7-13(11-16(15)23-12)20-17(22)18-9-10-21(2)14-5-3-4-6-14/h7-8,11,14H,3-6,9-10H2,1-2H3,(H2,18,20,22). The van der Waals surface area contributed by atoms with E-state index in [9.17, 15) is 4.79 Å². The number of nitrogens with zero attached hydrogens (tertiary/aromatic N) is 2. The number of hydrogen-bond donors (Lipinski definition) is 2. The summed E-state index contributed by atoms with van der Waals surface area (Å²) < 4.78 is 1.10. The molecule has 2 amide bonds. The molecule has 0 radical (unpaired) electrons. The van der Waals surface area contributed by atoms with Gasteiger partial charge in [0.25, 0.3) is 0 Å². The van der Waals surface area contributed by atoms with Crippen LogP contribution < -0.4 is 10.6 Å². The van der Waals surface area contributed by atoms with Crippen LogP contribution in [0.15, 0.2) is 18.2 Å². The lowest BCUT2D eigenvalue weighted by Crippen LogP contribution is -2.38. The number of amides is 2. The number of aromatic nitrogens is 1. The Morgan fingerprint density at radius 3 is 2.96 bits per heavy atom. The largest absolute Gasteiger partial charge is 0.337 e. The van der Waals surface area contributed by atoms with Crippen molar-refractivity contribution in [2.24, 2.45) is 0 Å². The summed E-state index contributed by atoms with van der Waals surface area (Å²) in [7, 11) is 2.15. The van der Waals surface area contributed by atoms with Gasteiger partial charge in [0.05, 0.1) is 15.2 Å². The van der Waals surface area contributed by atoms with E-state index >= 15 is 0 Å². The molecule has 2 N–H and O–H groups in total. The molecule has 2 aromatic rings. The van der Waals surface area contributed by atoms with Crippen molar-refractivity contribution < 1.29 is 4.79 Å². The third-order valence-electron chi connectivity index (χ3n) is 4.45. The number of benzene rings is 1. The van der Waals surface area contributed by atoms with E-state index in [0.29, 0.717) is 12.6 Å². The molecule has 1 aromatic carbocycles. The summed E-state index contributed by atoms with van der Waals surface area (Å²) in [5.41, 5.74) is 1.79. The Kier molecular flexibility index (Phi) is 5.13.